The summed E-state index contributed by atoms with van der Waals surface area (Å²) in [6.07, 6.45) is 1.98. The minimum atomic E-state index is 1.06. The third kappa shape index (κ3) is 2.12. The van der Waals surface area contributed by atoms with E-state index in [4.69, 9.17) is 0 Å². The van der Waals surface area contributed by atoms with Crippen molar-refractivity contribution in [2.45, 2.75) is 20.8 Å². The lowest BCUT2D eigenvalue weighted by Gasteiger charge is -2.10. The van der Waals surface area contributed by atoms with E-state index in [0.29, 0.717) is 0 Å². The predicted molar refractivity (Wildman–Crippen MR) is 81.4 cm³/mol. The van der Waals surface area contributed by atoms with Crippen molar-refractivity contribution in [1.82, 2.24) is 4.98 Å². The van der Waals surface area contributed by atoms with Crippen LogP contribution in [0.5, 0.6) is 0 Å². The van der Waals surface area contributed by atoms with Crippen LogP contribution < -0.4 is 0 Å². The van der Waals surface area contributed by atoms with Crippen molar-refractivity contribution in [3.05, 3.63) is 65.4 Å². The van der Waals surface area contributed by atoms with Crippen molar-refractivity contribution in [2.75, 3.05) is 0 Å². The normalized spacial score (nSPS) is 10.9. The van der Waals surface area contributed by atoms with Crippen LogP contribution in [-0.2, 0) is 0 Å². The van der Waals surface area contributed by atoms with Gasteiger partial charge >= 0.3 is 0 Å². The highest BCUT2D eigenvalue weighted by atomic mass is 14.7. The number of hydrogen-bond acceptors (Lipinski definition) is 1. The fraction of sp³-hybridized carbons (Fsp3) is 0.167. The molecule has 0 bridgehead atoms. The van der Waals surface area contributed by atoms with Crippen molar-refractivity contribution in [1.29, 1.82) is 0 Å². The number of rotatable bonds is 1. The van der Waals surface area contributed by atoms with Gasteiger partial charge in [-0.25, -0.2) is 0 Å². The zero-order chi connectivity index (χ0) is 13.4. The zero-order valence-electron chi connectivity index (χ0n) is 11.6. The SMILES string of the molecule is Cc1ccc2cc(-c3c(C)cccc3C)ncc2c1. The molecule has 0 fully saturated rings. The van der Waals surface area contributed by atoms with Crippen LogP contribution in [0.2, 0.25) is 0 Å². The van der Waals surface area contributed by atoms with Crippen LogP contribution in [0.15, 0.2) is 48.7 Å². The summed E-state index contributed by atoms with van der Waals surface area (Å²) in [5.41, 5.74) is 6.14. The Kier molecular flexibility index (Phi) is 2.83. The van der Waals surface area contributed by atoms with Gasteiger partial charge in [-0.3, -0.25) is 4.98 Å². The molecule has 94 valence electrons. The van der Waals surface area contributed by atoms with E-state index in [-0.39, 0.29) is 0 Å². The van der Waals surface area contributed by atoms with Crippen LogP contribution in [0, 0.1) is 20.8 Å². The molecule has 0 atom stereocenters. The van der Waals surface area contributed by atoms with Crippen molar-refractivity contribution in [2.24, 2.45) is 0 Å². The second-order valence-electron chi connectivity index (χ2n) is 5.19. The summed E-state index contributed by atoms with van der Waals surface area (Å²) < 4.78 is 0. The average Bonchev–Trinajstić information content (AvgIpc) is 2.38. The number of fused-ring (bicyclic) bond motifs is 1. The molecule has 0 aliphatic rings. The zero-order valence-corrected chi connectivity index (χ0v) is 11.6. The predicted octanol–water partition coefficient (Wildman–Crippen LogP) is 4.83. The van der Waals surface area contributed by atoms with E-state index in [0.717, 1.165) is 5.69 Å². The molecule has 0 aliphatic carbocycles. The molecule has 0 spiro atoms. The number of aromatic nitrogens is 1. The van der Waals surface area contributed by atoms with E-state index in [1.807, 2.05) is 6.20 Å². The average molecular weight is 247 g/mol. The minimum absolute atomic E-state index is 1.06. The Bertz CT molecular complexity index is 736. The molecule has 0 unspecified atom stereocenters. The lowest BCUT2D eigenvalue weighted by molar-refractivity contribution is 1.30. The van der Waals surface area contributed by atoms with E-state index in [1.54, 1.807) is 0 Å². The summed E-state index contributed by atoms with van der Waals surface area (Å²) in [7, 11) is 0. The summed E-state index contributed by atoms with van der Waals surface area (Å²) in [6, 6.07) is 15.1. The first-order valence-corrected chi connectivity index (χ1v) is 6.58. The minimum Gasteiger partial charge on any atom is -0.256 e. The van der Waals surface area contributed by atoms with Gasteiger partial charge in [0.05, 0.1) is 5.69 Å². The van der Waals surface area contributed by atoms with Crippen molar-refractivity contribution in [3.63, 3.8) is 0 Å². The van der Waals surface area contributed by atoms with Crippen molar-refractivity contribution >= 4 is 10.8 Å². The quantitative estimate of drug-likeness (QED) is 0.600. The summed E-state index contributed by atoms with van der Waals surface area (Å²) in [4.78, 5) is 4.64. The number of aryl methyl sites for hydroxylation is 3. The second-order valence-corrected chi connectivity index (χ2v) is 5.19. The van der Waals surface area contributed by atoms with Crippen molar-refractivity contribution in [3.8, 4) is 11.3 Å². The van der Waals surface area contributed by atoms with Crippen molar-refractivity contribution < 1.29 is 0 Å². The van der Waals surface area contributed by atoms with Crippen LogP contribution >= 0.6 is 0 Å². The molecule has 2 aromatic carbocycles. The first kappa shape index (κ1) is 11.9. The lowest BCUT2D eigenvalue weighted by Crippen LogP contribution is -1.91. The summed E-state index contributed by atoms with van der Waals surface area (Å²) in [5.74, 6) is 0. The molecule has 1 heterocycles. The third-order valence-corrected chi connectivity index (χ3v) is 3.61. The Labute approximate surface area is 113 Å². The van der Waals surface area contributed by atoms with Gasteiger partial charge in [-0.1, -0.05) is 35.9 Å². The Morgan fingerprint density at radius 1 is 0.789 bits per heavy atom. The maximum absolute atomic E-state index is 4.64. The molecular weight excluding hydrogens is 230 g/mol. The number of hydrogen-bond donors (Lipinski definition) is 0. The molecule has 0 saturated carbocycles. The lowest BCUT2D eigenvalue weighted by atomic mass is 9.98. The largest absolute Gasteiger partial charge is 0.256 e. The maximum Gasteiger partial charge on any atom is 0.0713 e. The first-order valence-electron chi connectivity index (χ1n) is 6.58. The third-order valence-electron chi connectivity index (χ3n) is 3.61. The summed E-state index contributed by atoms with van der Waals surface area (Å²) >= 11 is 0. The van der Waals surface area contributed by atoms with Crippen LogP contribution in [-0.4, -0.2) is 4.98 Å². The van der Waals surface area contributed by atoms with Gasteiger partial charge in [-0.15, -0.1) is 0 Å². The standard InChI is InChI=1S/C18H17N/c1-12-7-8-15-10-17(19-11-16(15)9-12)18-13(2)5-4-6-14(18)3/h4-11H,1-3H3. The Morgan fingerprint density at radius 3 is 2.26 bits per heavy atom. The van der Waals surface area contributed by atoms with Crippen LogP contribution in [0.3, 0.4) is 0 Å². The molecule has 1 heteroatoms. The second kappa shape index (κ2) is 4.51. The molecule has 0 saturated heterocycles. The molecule has 0 aliphatic heterocycles. The summed E-state index contributed by atoms with van der Waals surface area (Å²) in [5, 5.41) is 2.45. The van der Waals surface area contributed by atoms with Crippen LogP contribution in [0.4, 0.5) is 0 Å². The Hall–Kier alpha value is -2.15. The van der Waals surface area contributed by atoms with Gasteiger partial charge in [-0.05, 0) is 49.4 Å². The van der Waals surface area contributed by atoms with Gasteiger partial charge in [0.25, 0.3) is 0 Å². The molecule has 3 rings (SSSR count). The van der Waals surface area contributed by atoms with E-state index in [1.165, 1.54) is 33.0 Å². The summed E-state index contributed by atoms with van der Waals surface area (Å²) in [6.45, 7) is 6.39. The Balaban J connectivity index is 2.24. The van der Waals surface area contributed by atoms with E-state index >= 15 is 0 Å². The molecule has 0 amide bonds. The van der Waals surface area contributed by atoms with Gasteiger partial charge in [0.2, 0.25) is 0 Å². The monoisotopic (exact) mass is 247 g/mol. The van der Waals surface area contributed by atoms with Crippen LogP contribution in [0.25, 0.3) is 22.0 Å². The molecule has 19 heavy (non-hydrogen) atoms. The molecular formula is C18H17N. The fourth-order valence-corrected chi connectivity index (χ4v) is 2.62. The van der Waals surface area contributed by atoms with Gasteiger partial charge in [-0.2, -0.15) is 0 Å². The fourth-order valence-electron chi connectivity index (χ4n) is 2.62. The van der Waals surface area contributed by atoms with E-state index in [2.05, 4.69) is 68.2 Å². The van der Waals surface area contributed by atoms with Gasteiger partial charge in [0.15, 0.2) is 0 Å². The van der Waals surface area contributed by atoms with Crippen LogP contribution in [0.1, 0.15) is 16.7 Å². The maximum atomic E-state index is 4.64. The highest BCUT2D eigenvalue weighted by molar-refractivity contribution is 5.86. The highest BCUT2D eigenvalue weighted by Gasteiger charge is 2.07. The van der Waals surface area contributed by atoms with Gasteiger partial charge in [0.1, 0.15) is 0 Å². The molecule has 1 aromatic heterocycles. The van der Waals surface area contributed by atoms with E-state index < -0.39 is 0 Å². The molecule has 3 aromatic rings. The smallest absolute Gasteiger partial charge is 0.0713 e. The number of benzene rings is 2. The van der Waals surface area contributed by atoms with Gasteiger partial charge < -0.3 is 0 Å². The topological polar surface area (TPSA) is 12.9 Å². The molecule has 0 N–H and O–H groups in total. The number of nitrogens with zero attached hydrogens (tertiary/aromatic N) is 1. The van der Waals surface area contributed by atoms with Gasteiger partial charge in [0, 0.05) is 17.1 Å². The van der Waals surface area contributed by atoms with E-state index in [9.17, 15) is 0 Å². The Morgan fingerprint density at radius 2 is 1.53 bits per heavy atom. The first-order chi connectivity index (χ1) is 9.15. The number of pyridine rings is 1. The molecule has 1 nitrogen and oxygen atoms in total. The highest BCUT2D eigenvalue weighted by Crippen LogP contribution is 2.28. The molecule has 0 radical (unpaired) electrons.